The third-order valence-corrected chi connectivity index (χ3v) is 2.55. The molecule has 0 aliphatic carbocycles. The van der Waals surface area contributed by atoms with Crippen molar-refractivity contribution in [3.63, 3.8) is 0 Å². The first kappa shape index (κ1) is 11.3. The van der Waals surface area contributed by atoms with E-state index in [-0.39, 0.29) is 5.69 Å². The third kappa shape index (κ3) is 2.18. The molecule has 17 heavy (non-hydrogen) atoms. The highest BCUT2D eigenvalue weighted by molar-refractivity contribution is 5.65. The summed E-state index contributed by atoms with van der Waals surface area (Å²) in [5.41, 5.74) is 2.15. The Morgan fingerprint density at radius 2 is 1.59 bits per heavy atom. The van der Waals surface area contributed by atoms with Crippen molar-refractivity contribution in [2.45, 2.75) is 6.92 Å². The van der Waals surface area contributed by atoms with E-state index < -0.39 is 0 Å². The van der Waals surface area contributed by atoms with E-state index in [1.54, 1.807) is 20.3 Å². The van der Waals surface area contributed by atoms with Crippen molar-refractivity contribution in [3.8, 4) is 22.8 Å². The molecule has 0 spiro atoms. The van der Waals surface area contributed by atoms with Crippen molar-refractivity contribution < 1.29 is 9.47 Å². The molecule has 0 bridgehead atoms. The van der Waals surface area contributed by atoms with Crippen LogP contribution in [0.5, 0.6) is 11.5 Å². The molecular formula is C12H14N2O3. The number of imidazole rings is 1. The standard InChI is InChI=1S/C12H14N2O3/c1-7-11(14-12(15)13-7)8-4-9(16-2)6-10(5-8)17-3/h4-6H,1-3H3,(H2,13,14,15). The van der Waals surface area contributed by atoms with E-state index in [0.29, 0.717) is 11.5 Å². The van der Waals surface area contributed by atoms with Gasteiger partial charge < -0.3 is 19.4 Å². The summed E-state index contributed by atoms with van der Waals surface area (Å²) >= 11 is 0. The van der Waals surface area contributed by atoms with E-state index in [1.165, 1.54) is 0 Å². The van der Waals surface area contributed by atoms with E-state index in [4.69, 9.17) is 9.47 Å². The van der Waals surface area contributed by atoms with E-state index in [1.807, 2.05) is 19.1 Å². The lowest BCUT2D eigenvalue weighted by atomic mass is 10.1. The molecule has 0 unspecified atom stereocenters. The van der Waals surface area contributed by atoms with Gasteiger partial charge in [0, 0.05) is 17.3 Å². The van der Waals surface area contributed by atoms with Crippen LogP contribution in [0.25, 0.3) is 11.3 Å². The van der Waals surface area contributed by atoms with Crippen LogP contribution in [0.2, 0.25) is 0 Å². The second kappa shape index (κ2) is 4.37. The number of nitrogens with one attached hydrogen (secondary N) is 2. The Labute approximate surface area is 98.4 Å². The fourth-order valence-corrected chi connectivity index (χ4v) is 1.71. The second-order valence-corrected chi connectivity index (χ2v) is 3.68. The average molecular weight is 234 g/mol. The van der Waals surface area contributed by atoms with Gasteiger partial charge in [-0.1, -0.05) is 0 Å². The number of methoxy groups -OCH3 is 2. The Morgan fingerprint density at radius 3 is 2.00 bits per heavy atom. The van der Waals surface area contributed by atoms with E-state index >= 15 is 0 Å². The van der Waals surface area contributed by atoms with Crippen LogP contribution >= 0.6 is 0 Å². The summed E-state index contributed by atoms with van der Waals surface area (Å²) < 4.78 is 10.4. The van der Waals surface area contributed by atoms with Gasteiger partial charge in [-0.05, 0) is 19.1 Å². The summed E-state index contributed by atoms with van der Waals surface area (Å²) in [6.45, 7) is 1.83. The van der Waals surface area contributed by atoms with Crippen molar-refractivity contribution in [1.82, 2.24) is 9.97 Å². The smallest absolute Gasteiger partial charge is 0.323 e. The van der Waals surface area contributed by atoms with Crippen LogP contribution in [0.15, 0.2) is 23.0 Å². The fraction of sp³-hybridized carbons (Fsp3) is 0.250. The van der Waals surface area contributed by atoms with Crippen LogP contribution in [0, 0.1) is 6.92 Å². The first-order chi connectivity index (χ1) is 8.13. The number of aromatic amines is 2. The lowest BCUT2D eigenvalue weighted by molar-refractivity contribution is 0.394. The monoisotopic (exact) mass is 234 g/mol. The quantitative estimate of drug-likeness (QED) is 0.849. The van der Waals surface area contributed by atoms with Gasteiger partial charge in [0.2, 0.25) is 0 Å². The Hall–Kier alpha value is -2.17. The van der Waals surface area contributed by atoms with Crippen LogP contribution in [-0.4, -0.2) is 24.2 Å². The van der Waals surface area contributed by atoms with Gasteiger partial charge >= 0.3 is 5.69 Å². The molecule has 0 amide bonds. The lowest BCUT2D eigenvalue weighted by Crippen LogP contribution is -2.00. The highest BCUT2D eigenvalue weighted by Crippen LogP contribution is 2.29. The molecule has 2 aromatic rings. The van der Waals surface area contributed by atoms with Crippen LogP contribution in [0.4, 0.5) is 0 Å². The maximum Gasteiger partial charge on any atom is 0.323 e. The molecule has 0 saturated heterocycles. The van der Waals surface area contributed by atoms with Crippen molar-refractivity contribution in [3.05, 3.63) is 34.4 Å². The Kier molecular flexibility index (Phi) is 2.91. The van der Waals surface area contributed by atoms with Crippen LogP contribution in [0.1, 0.15) is 5.69 Å². The third-order valence-electron chi connectivity index (χ3n) is 2.55. The van der Waals surface area contributed by atoms with Gasteiger partial charge in [0.1, 0.15) is 11.5 Å². The molecule has 0 aliphatic heterocycles. The number of H-pyrrole nitrogens is 2. The molecule has 0 aliphatic rings. The molecule has 0 atom stereocenters. The van der Waals surface area contributed by atoms with Crippen LogP contribution < -0.4 is 15.2 Å². The molecule has 90 valence electrons. The zero-order chi connectivity index (χ0) is 12.4. The first-order valence-corrected chi connectivity index (χ1v) is 5.16. The first-order valence-electron chi connectivity index (χ1n) is 5.16. The van der Waals surface area contributed by atoms with Gasteiger partial charge in [0.05, 0.1) is 19.9 Å². The minimum absolute atomic E-state index is 0.223. The number of aryl methyl sites for hydroxylation is 1. The number of rotatable bonds is 3. The summed E-state index contributed by atoms with van der Waals surface area (Å²) in [6.07, 6.45) is 0. The molecule has 1 aromatic carbocycles. The largest absolute Gasteiger partial charge is 0.497 e. The predicted molar refractivity (Wildman–Crippen MR) is 64.7 cm³/mol. The zero-order valence-electron chi connectivity index (χ0n) is 9.96. The fourth-order valence-electron chi connectivity index (χ4n) is 1.71. The topological polar surface area (TPSA) is 67.1 Å². The van der Waals surface area contributed by atoms with Crippen molar-refractivity contribution in [2.24, 2.45) is 0 Å². The van der Waals surface area contributed by atoms with Crippen LogP contribution in [-0.2, 0) is 0 Å². The van der Waals surface area contributed by atoms with Crippen molar-refractivity contribution in [2.75, 3.05) is 14.2 Å². The SMILES string of the molecule is COc1cc(OC)cc(-c2[nH]c(=O)[nH]c2C)c1. The number of aromatic nitrogens is 2. The molecule has 2 rings (SSSR count). The molecular weight excluding hydrogens is 220 g/mol. The van der Waals surface area contributed by atoms with E-state index in [0.717, 1.165) is 17.0 Å². The van der Waals surface area contributed by atoms with Crippen molar-refractivity contribution in [1.29, 1.82) is 0 Å². The molecule has 2 N–H and O–H groups in total. The van der Waals surface area contributed by atoms with Gasteiger partial charge in [-0.15, -0.1) is 0 Å². The number of hydrogen-bond acceptors (Lipinski definition) is 3. The Bertz CT molecular complexity index is 561. The maximum atomic E-state index is 11.2. The van der Waals surface area contributed by atoms with Gasteiger partial charge in [-0.25, -0.2) is 4.79 Å². The molecule has 0 saturated carbocycles. The Balaban J connectivity index is 2.58. The summed E-state index contributed by atoms with van der Waals surface area (Å²) in [4.78, 5) is 16.6. The number of hydrogen-bond donors (Lipinski definition) is 2. The Morgan fingerprint density at radius 1 is 1.00 bits per heavy atom. The normalized spacial score (nSPS) is 10.3. The summed E-state index contributed by atoms with van der Waals surface area (Å²) in [5.74, 6) is 1.36. The predicted octanol–water partition coefficient (Wildman–Crippen LogP) is 1.70. The van der Waals surface area contributed by atoms with Gasteiger partial charge in [0.25, 0.3) is 0 Å². The molecule has 0 fully saturated rings. The summed E-state index contributed by atoms with van der Waals surface area (Å²) in [6, 6.07) is 5.47. The number of benzene rings is 1. The summed E-state index contributed by atoms with van der Waals surface area (Å²) in [7, 11) is 3.18. The molecule has 1 heterocycles. The van der Waals surface area contributed by atoms with Crippen molar-refractivity contribution >= 4 is 0 Å². The van der Waals surface area contributed by atoms with Gasteiger partial charge in [0.15, 0.2) is 0 Å². The van der Waals surface area contributed by atoms with Gasteiger partial charge in [-0.2, -0.15) is 0 Å². The maximum absolute atomic E-state index is 11.2. The van der Waals surface area contributed by atoms with E-state index in [2.05, 4.69) is 9.97 Å². The zero-order valence-corrected chi connectivity index (χ0v) is 9.96. The minimum atomic E-state index is -0.223. The minimum Gasteiger partial charge on any atom is -0.497 e. The molecule has 1 aromatic heterocycles. The van der Waals surface area contributed by atoms with Gasteiger partial charge in [-0.3, -0.25) is 0 Å². The average Bonchev–Trinajstić information content (AvgIpc) is 2.67. The highest BCUT2D eigenvalue weighted by Gasteiger charge is 2.09. The lowest BCUT2D eigenvalue weighted by Gasteiger charge is -2.07. The summed E-state index contributed by atoms with van der Waals surface area (Å²) in [5, 5.41) is 0. The van der Waals surface area contributed by atoms with Crippen LogP contribution in [0.3, 0.4) is 0 Å². The highest BCUT2D eigenvalue weighted by atomic mass is 16.5. The second-order valence-electron chi connectivity index (χ2n) is 3.68. The molecule has 0 radical (unpaired) electrons. The molecule has 5 nitrogen and oxygen atoms in total. The number of ether oxygens (including phenoxy) is 2. The van der Waals surface area contributed by atoms with E-state index in [9.17, 15) is 4.79 Å². The molecule has 5 heteroatoms.